The second-order valence-corrected chi connectivity index (χ2v) is 8.24. The van der Waals surface area contributed by atoms with Crippen LogP contribution in [0, 0.1) is 5.92 Å². The van der Waals surface area contributed by atoms with Crippen LogP contribution in [0.3, 0.4) is 0 Å². The van der Waals surface area contributed by atoms with E-state index in [2.05, 4.69) is 29.2 Å². The fourth-order valence-electron chi connectivity index (χ4n) is 4.53. The summed E-state index contributed by atoms with van der Waals surface area (Å²) < 4.78 is 0. The van der Waals surface area contributed by atoms with Crippen LogP contribution in [0.5, 0.6) is 0 Å². The molecule has 4 rings (SSSR count). The van der Waals surface area contributed by atoms with E-state index in [0.29, 0.717) is 18.7 Å². The Hall–Kier alpha value is -3.24. The van der Waals surface area contributed by atoms with Gasteiger partial charge in [-0.15, -0.1) is 0 Å². The Kier molecular flexibility index (Phi) is 6.58. The first kappa shape index (κ1) is 21.0. The number of Topliss-reactive ketones (excluding diaryl/α,β-unsaturated/α-hetero) is 1. The minimum atomic E-state index is -0.821. The van der Waals surface area contributed by atoms with E-state index < -0.39 is 5.97 Å². The maximum absolute atomic E-state index is 13.0. The summed E-state index contributed by atoms with van der Waals surface area (Å²) in [5.41, 5.74) is 4.29. The number of benzene rings is 3. The molecule has 1 aliphatic rings. The molecule has 4 heteroatoms. The first-order valence-electron chi connectivity index (χ1n) is 10.7. The van der Waals surface area contributed by atoms with Gasteiger partial charge in [-0.05, 0) is 22.3 Å². The van der Waals surface area contributed by atoms with Crippen molar-refractivity contribution in [3.8, 4) is 0 Å². The normalized spacial score (nSPS) is 17.1. The van der Waals surface area contributed by atoms with Crippen LogP contribution in [0.25, 0.3) is 0 Å². The third-order valence-corrected chi connectivity index (χ3v) is 6.05. The zero-order chi connectivity index (χ0) is 21.6. The fraction of sp³-hybridized carbons (Fsp3) is 0.259. The molecule has 1 atom stereocenters. The number of carbonyl (C=O) groups excluding carboxylic acids is 1. The van der Waals surface area contributed by atoms with E-state index in [1.54, 1.807) is 0 Å². The van der Waals surface area contributed by atoms with Crippen LogP contribution >= 0.6 is 0 Å². The van der Waals surface area contributed by atoms with Gasteiger partial charge in [-0.3, -0.25) is 14.5 Å². The summed E-state index contributed by atoms with van der Waals surface area (Å²) >= 11 is 0. The van der Waals surface area contributed by atoms with Crippen molar-refractivity contribution in [1.82, 2.24) is 4.90 Å². The summed E-state index contributed by atoms with van der Waals surface area (Å²) in [6, 6.07) is 28.4. The summed E-state index contributed by atoms with van der Waals surface area (Å²) in [4.78, 5) is 26.3. The van der Waals surface area contributed by atoms with Gasteiger partial charge in [0.15, 0.2) is 0 Å². The molecule has 0 bridgehead atoms. The number of hydrogen-bond donors (Lipinski definition) is 1. The lowest BCUT2D eigenvalue weighted by atomic mass is 9.76. The van der Waals surface area contributed by atoms with Crippen molar-refractivity contribution >= 4 is 11.8 Å². The topological polar surface area (TPSA) is 57.6 Å². The number of likely N-dealkylation sites (tertiary alicyclic amines) is 1. The van der Waals surface area contributed by atoms with Gasteiger partial charge in [0.2, 0.25) is 0 Å². The van der Waals surface area contributed by atoms with Crippen molar-refractivity contribution in [2.75, 3.05) is 13.1 Å². The summed E-state index contributed by atoms with van der Waals surface area (Å²) in [5.74, 6) is -0.552. The first-order chi connectivity index (χ1) is 15.1. The molecule has 31 heavy (non-hydrogen) atoms. The zero-order valence-electron chi connectivity index (χ0n) is 17.5. The molecule has 4 nitrogen and oxygen atoms in total. The highest BCUT2D eigenvalue weighted by Gasteiger charge is 2.35. The molecule has 3 aromatic rings. The maximum Gasteiger partial charge on any atom is 0.307 e. The van der Waals surface area contributed by atoms with E-state index in [4.69, 9.17) is 5.11 Å². The Morgan fingerprint density at radius 1 is 0.871 bits per heavy atom. The number of piperidine rings is 1. The van der Waals surface area contributed by atoms with Crippen molar-refractivity contribution in [2.45, 2.75) is 25.3 Å². The van der Waals surface area contributed by atoms with Gasteiger partial charge in [-0.1, -0.05) is 84.9 Å². The van der Waals surface area contributed by atoms with Gasteiger partial charge in [0.05, 0.1) is 6.42 Å². The number of rotatable bonds is 7. The van der Waals surface area contributed by atoms with Gasteiger partial charge in [-0.25, -0.2) is 0 Å². The number of carboxylic acid groups (broad SMARTS) is 1. The molecular formula is C27H27NO3. The summed E-state index contributed by atoms with van der Waals surface area (Å²) in [5, 5.41) is 8.95. The molecular weight excluding hydrogens is 386 g/mol. The third kappa shape index (κ3) is 5.28. The fourth-order valence-corrected chi connectivity index (χ4v) is 4.53. The predicted molar refractivity (Wildman–Crippen MR) is 121 cm³/mol. The average Bonchev–Trinajstić information content (AvgIpc) is 2.79. The van der Waals surface area contributed by atoms with Gasteiger partial charge >= 0.3 is 5.97 Å². The number of carboxylic acids is 1. The van der Waals surface area contributed by atoms with Crippen LogP contribution < -0.4 is 0 Å². The number of nitrogens with zero attached hydrogens (tertiary/aromatic N) is 1. The highest BCUT2D eigenvalue weighted by Crippen LogP contribution is 2.35. The van der Waals surface area contributed by atoms with Gasteiger partial charge in [0.1, 0.15) is 5.78 Å². The Morgan fingerprint density at radius 2 is 1.42 bits per heavy atom. The molecule has 1 saturated heterocycles. The van der Waals surface area contributed by atoms with Crippen LogP contribution in [0.4, 0.5) is 0 Å². The first-order valence-corrected chi connectivity index (χ1v) is 10.7. The molecule has 0 aromatic heterocycles. The molecule has 0 saturated carbocycles. The van der Waals surface area contributed by atoms with Crippen LogP contribution in [0.15, 0.2) is 84.9 Å². The molecule has 1 aliphatic heterocycles. The molecule has 3 aromatic carbocycles. The zero-order valence-corrected chi connectivity index (χ0v) is 17.5. The van der Waals surface area contributed by atoms with E-state index in [0.717, 1.165) is 24.2 Å². The number of aliphatic carboxylic acids is 1. The second-order valence-electron chi connectivity index (χ2n) is 8.24. The highest BCUT2D eigenvalue weighted by atomic mass is 16.4. The summed E-state index contributed by atoms with van der Waals surface area (Å²) in [7, 11) is 0. The molecule has 158 valence electrons. The number of carbonyl (C=O) groups is 2. The molecule has 0 radical (unpaired) electrons. The molecule has 1 fully saturated rings. The van der Waals surface area contributed by atoms with Crippen LogP contribution in [-0.2, 0) is 22.6 Å². The number of ketones is 1. The Bertz CT molecular complexity index is 976. The molecule has 0 aliphatic carbocycles. The van der Waals surface area contributed by atoms with Gasteiger partial charge in [0, 0.05) is 37.9 Å². The summed E-state index contributed by atoms with van der Waals surface area (Å²) in [6.07, 6.45) is 0.592. The van der Waals surface area contributed by atoms with Gasteiger partial charge in [0.25, 0.3) is 0 Å². The predicted octanol–water partition coefficient (Wildman–Crippen LogP) is 4.54. The van der Waals surface area contributed by atoms with Crippen molar-refractivity contribution < 1.29 is 14.7 Å². The van der Waals surface area contributed by atoms with Gasteiger partial charge in [-0.2, -0.15) is 0 Å². The SMILES string of the molecule is O=C(O)Cc1ccc(CN2CCC(=O)C(C(c3ccccc3)c3ccccc3)C2)cc1. The van der Waals surface area contributed by atoms with Crippen molar-refractivity contribution in [3.05, 3.63) is 107 Å². The molecule has 0 amide bonds. The van der Waals surface area contributed by atoms with Crippen LogP contribution in [-0.4, -0.2) is 34.8 Å². The third-order valence-electron chi connectivity index (χ3n) is 6.05. The minimum absolute atomic E-state index is 0.0376. The van der Waals surface area contributed by atoms with E-state index in [1.165, 1.54) is 11.1 Å². The Balaban J connectivity index is 1.54. The second kappa shape index (κ2) is 9.71. The minimum Gasteiger partial charge on any atom is -0.481 e. The van der Waals surface area contributed by atoms with Crippen molar-refractivity contribution in [1.29, 1.82) is 0 Å². The van der Waals surface area contributed by atoms with Crippen LogP contribution in [0.1, 0.15) is 34.6 Å². The van der Waals surface area contributed by atoms with E-state index in [-0.39, 0.29) is 18.3 Å². The quantitative estimate of drug-likeness (QED) is 0.618. The lowest BCUT2D eigenvalue weighted by Crippen LogP contribution is -2.43. The Labute approximate surface area is 183 Å². The smallest absolute Gasteiger partial charge is 0.307 e. The van der Waals surface area contributed by atoms with Crippen molar-refractivity contribution in [3.63, 3.8) is 0 Å². The molecule has 0 spiro atoms. The maximum atomic E-state index is 13.0. The van der Waals surface area contributed by atoms with Gasteiger partial charge < -0.3 is 5.11 Å². The van der Waals surface area contributed by atoms with E-state index in [1.807, 2.05) is 60.7 Å². The van der Waals surface area contributed by atoms with Crippen molar-refractivity contribution in [2.24, 2.45) is 5.92 Å². The highest BCUT2D eigenvalue weighted by molar-refractivity contribution is 5.83. The monoisotopic (exact) mass is 413 g/mol. The van der Waals surface area contributed by atoms with E-state index >= 15 is 0 Å². The van der Waals surface area contributed by atoms with E-state index in [9.17, 15) is 9.59 Å². The van der Waals surface area contributed by atoms with Crippen LogP contribution in [0.2, 0.25) is 0 Å². The molecule has 1 unspecified atom stereocenters. The molecule has 1 N–H and O–H groups in total. The number of hydrogen-bond acceptors (Lipinski definition) is 3. The molecule has 1 heterocycles. The lowest BCUT2D eigenvalue weighted by molar-refractivity contribution is -0.136. The standard InChI is InChI=1S/C27H27NO3/c29-25-15-16-28(18-21-13-11-20(12-14-21)17-26(30)31)19-24(25)27(22-7-3-1-4-8-22)23-9-5-2-6-10-23/h1-14,24,27H,15-19H2,(H,30,31). The Morgan fingerprint density at radius 3 is 1.97 bits per heavy atom. The largest absolute Gasteiger partial charge is 0.481 e. The average molecular weight is 414 g/mol. The summed E-state index contributed by atoms with van der Waals surface area (Å²) in [6.45, 7) is 2.22. The lowest BCUT2D eigenvalue weighted by Gasteiger charge is -2.36.